The van der Waals surface area contributed by atoms with E-state index in [0.29, 0.717) is 12.1 Å². The topological polar surface area (TPSA) is 51.8 Å². The second-order valence-corrected chi connectivity index (χ2v) is 3.45. The van der Waals surface area contributed by atoms with Crippen molar-refractivity contribution in [1.82, 2.24) is 9.97 Å². The van der Waals surface area contributed by atoms with Gasteiger partial charge in [-0.2, -0.15) is 0 Å². The van der Waals surface area contributed by atoms with Crippen LogP contribution < -0.4 is 5.73 Å². The number of benzene rings is 1. The van der Waals surface area contributed by atoms with Gasteiger partial charge >= 0.3 is 0 Å². The third kappa shape index (κ3) is 2.23. The zero-order valence-corrected chi connectivity index (χ0v) is 8.73. The highest BCUT2D eigenvalue weighted by Crippen LogP contribution is 2.12. The van der Waals surface area contributed by atoms with Crippen LogP contribution in [0.1, 0.15) is 17.0 Å². The number of hydrogen-bond acceptors (Lipinski definition) is 3. The van der Waals surface area contributed by atoms with E-state index in [1.807, 2.05) is 30.3 Å². The van der Waals surface area contributed by atoms with Crippen molar-refractivity contribution < 1.29 is 4.39 Å². The van der Waals surface area contributed by atoms with Gasteiger partial charge in [0.15, 0.2) is 5.82 Å². The van der Waals surface area contributed by atoms with Gasteiger partial charge in [0.25, 0.3) is 0 Å². The van der Waals surface area contributed by atoms with Crippen LogP contribution in [-0.2, 0) is 13.0 Å². The fourth-order valence-electron chi connectivity index (χ4n) is 1.50. The van der Waals surface area contributed by atoms with Gasteiger partial charge in [0.2, 0.25) is 0 Å². The van der Waals surface area contributed by atoms with Crippen molar-refractivity contribution in [3.63, 3.8) is 0 Å². The van der Waals surface area contributed by atoms with Crippen LogP contribution in [0.15, 0.2) is 36.7 Å². The van der Waals surface area contributed by atoms with Gasteiger partial charge in [-0.05, 0) is 5.56 Å². The van der Waals surface area contributed by atoms with Gasteiger partial charge < -0.3 is 5.73 Å². The number of halogens is 1. The maximum Gasteiger partial charge on any atom is 0.167 e. The van der Waals surface area contributed by atoms with E-state index in [9.17, 15) is 4.39 Å². The van der Waals surface area contributed by atoms with Crippen LogP contribution in [0.2, 0.25) is 0 Å². The number of nitrogens with two attached hydrogens (primary N) is 1. The van der Waals surface area contributed by atoms with Gasteiger partial charge in [0, 0.05) is 13.0 Å². The summed E-state index contributed by atoms with van der Waals surface area (Å²) in [6.07, 6.45) is 1.81. The Morgan fingerprint density at radius 2 is 1.75 bits per heavy atom. The van der Waals surface area contributed by atoms with Gasteiger partial charge in [0.1, 0.15) is 6.33 Å². The molecular weight excluding hydrogens is 205 g/mol. The summed E-state index contributed by atoms with van der Waals surface area (Å²) >= 11 is 0. The van der Waals surface area contributed by atoms with Crippen LogP contribution in [0, 0.1) is 5.82 Å². The predicted molar refractivity (Wildman–Crippen MR) is 59.1 cm³/mol. The van der Waals surface area contributed by atoms with Crippen molar-refractivity contribution in [1.29, 1.82) is 0 Å². The van der Waals surface area contributed by atoms with Gasteiger partial charge in [-0.15, -0.1) is 0 Å². The summed E-state index contributed by atoms with van der Waals surface area (Å²) in [7, 11) is 0. The summed E-state index contributed by atoms with van der Waals surface area (Å²) in [6.45, 7) is 0.0934. The van der Waals surface area contributed by atoms with E-state index in [4.69, 9.17) is 5.73 Å². The van der Waals surface area contributed by atoms with Gasteiger partial charge in [-0.3, -0.25) is 0 Å². The lowest BCUT2D eigenvalue weighted by molar-refractivity contribution is 0.574. The molecule has 2 aromatic rings. The molecule has 0 aliphatic rings. The molecule has 2 N–H and O–H groups in total. The second kappa shape index (κ2) is 4.81. The molecule has 0 bridgehead atoms. The Labute approximate surface area is 93.2 Å². The normalized spacial score (nSPS) is 10.4. The summed E-state index contributed by atoms with van der Waals surface area (Å²) in [5.74, 6) is -0.395. The second-order valence-electron chi connectivity index (χ2n) is 3.45. The molecule has 0 unspecified atom stereocenters. The average Bonchev–Trinajstić information content (AvgIpc) is 2.33. The van der Waals surface area contributed by atoms with Crippen LogP contribution in [0.3, 0.4) is 0 Å². The molecule has 0 atom stereocenters. The Bertz CT molecular complexity index is 471. The van der Waals surface area contributed by atoms with Gasteiger partial charge in [0.05, 0.1) is 11.4 Å². The van der Waals surface area contributed by atoms with E-state index in [1.54, 1.807) is 0 Å². The Morgan fingerprint density at radius 3 is 2.44 bits per heavy atom. The molecule has 3 nitrogen and oxygen atoms in total. The maximum atomic E-state index is 13.8. The van der Waals surface area contributed by atoms with E-state index < -0.39 is 5.82 Å². The molecule has 16 heavy (non-hydrogen) atoms. The Balaban J connectivity index is 2.28. The standard InChI is InChI=1S/C12H12FN3/c13-12-10(15-8-16-11(12)7-14)6-9-4-2-1-3-5-9/h1-5,8H,6-7,14H2. The molecule has 1 heterocycles. The number of rotatable bonds is 3. The molecule has 0 saturated carbocycles. The Morgan fingerprint density at radius 1 is 1.06 bits per heavy atom. The number of hydrogen-bond donors (Lipinski definition) is 1. The van der Waals surface area contributed by atoms with Crippen LogP contribution in [0.5, 0.6) is 0 Å². The maximum absolute atomic E-state index is 13.8. The smallest absolute Gasteiger partial charge is 0.167 e. The van der Waals surface area contributed by atoms with E-state index in [1.165, 1.54) is 6.33 Å². The predicted octanol–water partition coefficient (Wildman–Crippen LogP) is 1.67. The van der Waals surface area contributed by atoms with Crippen molar-refractivity contribution >= 4 is 0 Å². The van der Waals surface area contributed by atoms with Crippen molar-refractivity contribution in [2.45, 2.75) is 13.0 Å². The van der Waals surface area contributed by atoms with Crippen LogP contribution >= 0.6 is 0 Å². The third-order valence-electron chi connectivity index (χ3n) is 2.34. The lowest BCUT2D eigenvalue weighted by Gasteiger charge is -2.04. The minimum absolute atomic E-state index is 0.0934. The molecule has 0 fully saturated rings. The summed E-state index contributed by atoms with van der Waals surface area (Å²) in [6, 6.07) is 9.62. The SMILES string of the molecule is NCc1ncnc(Cc2ccccc2)c1F. The first kappa shape index (κ1) is 10.7. The molecule has 0 amide bonds. The summed E-state index contributed by atoms with van der Waals surface area (Å²) in [4.78, 5) is 7.73. The first-order chi connectivity index (χ1) is 7.81. The molecule has 1 aromatic carbocycles. The lowest BCUT2D eigenvalue weighted by atomic mass is 10.1. The van der Waals surface area contributed by atoms with Crippen LogP contribution in [0.25, 0.3) is 0 Å². The molecule has 0 aliphatic carbocycles. The molecule has 0 spiro atoms. The summed E-state index contributed by atoms with van der Waals surface area (Å²) in [5.41, 5.74) is 7.05. The quantitative estimate of drug-likeness (QED) is 0.850. The van der Waals surface area contributed by atoms with Crippen molar-refractivity contribution in [2.75, 3.05) is 0 Å². The third-order valence-corrected chi connectivity index (χ3v) is 2.34. The molecule has 2 rings (SSSR count). The minimum atomic E-state index is -0.395. The van der Waals surface area contributed by atoms with Gasteiger partial charge in [-0.1, -0.05) is 30.3 Å². The zero-order valence-electron chi connectivity index (χ0n) is 8.73. The minimum Gasteiger partial charge on any atom is -0.325 e. The summed E-state index contributed by atoms with van der Waals surface area (Å²) in [5, 5.41) is 0. The average molecular weight is 217 g/mol. The van der Waals surface area contributed by atoms with Crippen LogP contribution in [0.4, 0.5) is 4.39 Å². The van der Waals surface area contributed by atoms with Crippen molar-refractivity contribution in [3.8, 4) is 0 Å². The van der Waals surface area contributed by atoms with E-state index in [0.717, 1.165) is 5.56 Å². The monoisotopic (exact) mass is 217 g/mol. The highest BCUT2D eigenvalue weighted by Gasteiger charge is 2.09. The summed E-state index contributed by atoms with van der Waals surface area (Å²) < 4.78 is 13.8. The lowest BCUT2D eigenvalue weighted by Crippen LogP contribution is -2.08. The number of nitrogens with zero attached hydrogens (tertiary/aromatic N) is 2. The fraction of sp³-hybridized carbons (Fsp3) is 0.167. The first-order valence-electron chi connectivity index (χ1n) is 5.03. The van der Waals surface area contributed by atoms with Crippen molar-refractivity contribution in [2.24, 2.45) is 5.73 Å². The van der Waals surface area contributed by atoms with Gasteiger partial charge in [-0.25, -0.2) is 14.4 Å². The molecule has 82 valence electrons. The fourth-order valence-corrected chi connectivity index (χ4v) is 1.50. The highest BCUT2D eigenvalue weighted by atomic mass is 19.1. The van der Waals surface area contributed by atoms with E-state index >= 15 is 0 Å². The molecular formula is C12H12FN3. The zero-order chi connectivity index (χ0) is 11.4. The van der Waals surface area contributed by atoms with Crippen molar-refractivity contribution in [3.05, 3.63) is 59.4 Å². The largest absolute Gasteiger partial charge is 0.325 e. The van der Waals surface area contributed by atoms with E-state index in [-0.39, 0.29) is 12.2 Å². The molecule has 0 radical (unpaired) electrons. The molecule has 0 aliphatic heterocycles. The molecule has 1 aromatic heterocycles. The van der Waals surface area contributed by atoms with Crippen LogP contribution in [-0.4, -0.2) is 9.97 Å². The Hall–Kier alpha value is -1.81. The van der Waals surface area contributed by atoms with E-state index in [2.05, 4.69) is 9.97 Å². The highest BCUT2D eigenvalue weighted by molar-refractivity contribution is 5.23. The Kier molecular flexibility index (Phi) is 3.22. The molecule has 4 heteroatoms. The first-order valence-corrected chi connectivity index (χ1v) is 5.03. The molecule has 0 saturated heterocycles. The number of aromatic nitrogens is 2.